The Morgan fingerprint density at radius 3 is 2.08 bits per heavy atom. The van der Waals surface area contributed by atoms with Crippen LogP contribution in [0.1, 0.15) is 18.4 Å². The Hall–Kier alpha value is 0.140. The van der Waals surface area contributed by atoms with Crippen molar-refractivity contribution in [2.75, 3.05) is 0 Å². The van der Waals surface area contributed by atoms with Crippen LogP contribution in [0.5, 0.6) is 0 Å². The lowest BCUT2D eigenvalue weighted by molar-refractivity contribution is 0.178. The Labute approximate surface area is 95.4 Å². The maximum Gasteiger partial charge on any atom is 0.0580 e. The maximum atomic E-state index is 9.36. The van der Waals surface area contributed by atoms with E-state index in [2.05, 4.69) is 38.8 Å². The average Bonchev–Trinajstić information content (AvgIpc) is 2.01. The second kappa shape index (κ2) is 4.58. The van der Waals surface area contributed by atoms with Crippen LogP contribution in [-0.2, 0) is 0 Å². The molecule has 0 saturated carbocycles. The van der Waals surface area contributed by atoms with E-state index < -0.39 is 6.10 Å². The van der Waals surface area contributed by atoms with E-state index in [9.17, 15) is 5.11 Å². The van der Waals surface area contributed by atoms with Crippen molar-refractivity contribution in [3.05, 3.63) is 39.6 Å². The summed E-state index contributed by atoms with van der Waals surface area (Å²) >= 11 is 6.78. The molecule has 0 aliphatic rings. The summed E-state index contributed by atoms with van der Waals surface area (Å²) in [6.07, 6.45) is -0.429. The van der Waals surface area contributed by atoms with Crippen molar-refractivity contribution in [1.82, 2.24) is 0 Å². The van der Waals surface area contributed by atoms with Crippen LogP contribution in [0.2, 0.25) is 0 Å². The Morgan fingerprint density at radius 1 is 1.23 bits per heavy atom. The number of halogens is 2. The second-order valence-electron chi connectivity index (χ2n) is 3.05. The zero-order chi connectivity index (χ0) is 10.0. The molecular formula is C10H11Br2O. The first-order chi connectivity index (χ1) is 6.00. The molecule has 1 rings (SSSR count). The lowest BCUT2D eigenvalue weighted by Gasteiger charge is -2.15. The summed E-state index contributed by atoms with van der Waals surface area (Å²) in [6.45, 7) is 5.64. The van der Waals surface area contributed by atoms with Gasteiger partial charge in [-0.3, -0.25) is 0 Å². The molecule has 0 amide bonds. The van der Waals surface area contributed by atoms with Crippen LogP contribution < -0.4 is 0 Å². The molecule has 0 heterocycles. The van der Waals surface area contributed by atoms with Crippen LogP contribution in [0.25, 0.3) is 0 Å². The Morgan fingerprint density at radius 2 is 1.69 bits per heavy atom. The summed E-state index contributed by atoms with van der Waals surface area (Å²) in [4.78, 5) is 0. The fraction of sp³-hybridized carbons (Fsp3) is 0.300. The highest BCUT2D eigenvalue weighted by molar-refractivity contribution is 9.11. The van der Waals surface area contributed by atoms with E-state index in [4.69, 9.17) is 0 Å². The fourth-order valence-corrected chi connectivity index (χ4v) is 2.40. The van der Waals surface area contributed by atoms with Gasteiger partial charge in [0.1, 0.15) is 0 Å². The smallest absolute Gasteiger partial charge is 0.0580 e. The molecule has 1 N–H and O–H groups in total. The SMILES string of the molecule is [CH2]C(c1cc(Br)cc(Br)c1)C(C)O. The molecule has 0 spiro atoms. The van der Waals surface area contributed by atoms with Crippen LogP contribution in [0.3, 0.4) is 0 Å². The van der Waals surface area contributed by atoms with Crippen molar-refractivity contribution in [2.24, 2.45) is 0 Å². The molecule has 2 atom stereocenters. The van der Waals surface area contributed by atoms with Crippen LogP contribution in [-0.4, -0.2) is 11.2 Å². The van der Waals surface area contributed by atoms with Gasteiger partial charge in [0.2, 0.25) is 0 Å². The summed E-state index contributed by atoms with van der Waals surface area (Å²) in [5, 5.41) is 9.36. The third-order valence-electron chi connectivity index (χ3n) is 1.90. The molecular weight excluding hydrogens is 296 g/mol. The van der Waals surface area contributed by atoms with E-state index in [1.54, 1.807) is 6.92 Å². The molecule has 0 saturated heterocycles. The number of hydrogen-bond donors (Lipinski definition) is 1. The molecule has 2 unspecified atom stereocenters. The zero-order valence-electron chi connectivity index (χ0n) is 7.30. The van der Waals surface area contributed by atoms with E-state index in [1.807, 2.05) is 18.2 Å². The summed E-state index contributed by atoms with van der Waals surface area (Å²) in [5.41, 5.74) is 1.02. The molecule has 0 fully saturated rings. The molecule has 3 heteroatoms. The summed E-state index contributed by atoms with van der Waals surface area (Å²) in [6, 6.07) is 5.89. The normalized spacial score (nSPS) is 15.5. The molecule has 0 aliphatic heterocycles. The van der Waals surface area contributed by atoms with Gasteiger partial charge in [0, 0.05) is 14.9 Å². The highest BCUT2D eigenvalue weighted by atomic mass is 79.9. The molecule has 1 aromatic rings. The first kappa shape index (κ1) is 11.2. The Balaban J connectivity index is 3.01. The third-order valence-corrected chi connectivity index (χ3v) is 2.81. The van der Waals surface area contributed by atoms with Gasteiger partial charge in [-0.1, -0.05) is 31.9 Å². The largest absolute Gasteiger partial charge is 0.393 e. The van der Waals surface area contributed by atoms with Gasteiger partial charge in [-0.25, -0.2) is 0 Å². The predicted molar refractivity (Wildman–Crippen MR) is 61.6 cm³/mol. The van der Waals surface area contributed by atoms with Crippen LogP contribution >= 0.6 is 31.9 Å². The standard InChI is InChI=1S/C10H11Br2O/c1-6(7(2)13)8-3-9(11)5-10(12)4-8/h3-7,13H,1H2,2H3. The molecule has 0 aromatic heterocycles. The van der Waals surface area contributed by atoms with Crippen molar-refractivity contribution in [1.29, 1.82) is 0 Å². The van der Waals surface area contributed by atoms with E-state index in [0.29, 0.717) is 0 Å². The zero-order valence-corrected chi connectivity index (χ0v) is 10.5. The monoisotopic (exact) mass is 305 g/mol. The van der Waals surface area contributed by atoms with Crippen molar-refractivity contribution in [3.8, 4) is 0 Å². The minimum Gasteiger partial charge on any atom is -0.393 e. The first-order valence-electron chi connectivity index (χ1n) is 3.98. The second-order valence-corrected chi connectivity index (χ2v) is 4.88. The van der Waals surface area contributed by atoms with Crippen molar-refractivity contribution < 1.29 is 5.11 Å². The Bertz CT molecular complexity index is 277. The van der Waals surface area contributed by atoms with Crippen molar-refractivity contribution >= 4 is 31.9 Å². The van der Waals surface area contributed by atoms with Gasteiger partial charge >= 0.3 is 0 Å². The number of aliphatic hydroxyl groups excluding tert-OH is 1. The van der Waals surface area contributed by atoms with Gasteiger partial charge in [-0.2, -0.15) is 0 Å². The molecule has 1 aromatic carbocycles. The van der Waals surface area contributed by atoms with E-state index >= 15 is 0 Å². The molecule has 1 radical (unpaired) electrons. The molecule has 71 valence electrons. The number of benzene rings is 1. The van der Waals surface area contributed by atoms with Gasteiger partial charge < -0.3 is 5.11 Å². The summed E-state index contributed by atoms with van der Waals surface area (Å²) in [7, 11) is 0. The van der Waals surface area contributed by atoms with Crippen molar-refractivity contribution in [3.63, 3.8) is 0 Å². The van der Waals surface area contributed by atoms with Gasteiger partial charge in [0.15, 0.2) is 0 Å². The molecule has 13 heavy (non-hydrogen) atoms. The summed E-state index contributed by atoms with van der Waals surface area (Å²) < 4.78 is 1.98. The van der Waals surface area contributed by atoms with E-state index in [-0.39, 0.29) is 5.92 Å². The van der Waals surface area contributed by atoms with Gasteiger partial charge in [0.25, 0.3) is 0 Å². The average molecular weight is 307 g/mol. The number of rotatable bonds is 2. The third kappa shape index (κ3) is 3.08. The minimum absolute atomic E-state index is 0.0891. The van der Waals surface area contributed by atoms with Crippen LogP contribution in [0.4, 0.5) is 0 Å². The number of hydrogen-bond acceptors (Lipinski definition) is 1. The highest BCUT2D eigenvalue weighted by Gasteiger charge is 2.12. The minimum atomic E-state index is -0.429. The highest BCUT2D eigenvalue weighted by Crippen LogP contribution is 2.26. The molecule has 0 aliphatic carbocycles. The van der Waals surface area contributed by atoms with Gasteiger partial charge in [-0.05, 0) is 37.6 Å². The van der Waals surface area contributed by atoms with Crippen molar-refractivity contribution in [2.45, 2.75) is 18.9 Å². The van der Waals surface area contributed by atoms with Crippen LogP contribution in [0.15, 0.2) is 27.1 Å². The molecule has 1 nitrogen and oxygen atoms in total. The lowest BCUT2D eigenvalue weighted by Crippen LogP contribution is -2.11. The maximum absolute atomic E-state index is 9.36. The lowest BCUT2D eigenvalue weighted by atomic mass is 9.97. The van der Waals surface area contributed by atoms with E-state index in [1.165, 1.54) is 0 Å². The number of aliphatic hydroxyl groups is 1. The molecule has 0 bridgehead atoms. The fourth-order valence-electron chi connectivity index (χ4n) is 1.07. The Kier molecular flexibility index (Phi) is 3.95. The quantitative estimate of drug-likeness (QED) is 0.886. The predicted octanol–water partition coefficient (Wildman–Crippen LogP) is 3.51. The topological polar surface area (TPSA) is 20.2 Å². The van der Waals surface area contributed by atoms with Gasteiger partial charge in [-0.15, -0.1) is 0 Å². The van der Waals surface area contributed by atoms with Crippen LogP contribution in [0, 0.1) is 6.92 Å². The van der Waals surface area contributed by atoms with Gasteiger partial charge in [0.05, 0.1) is 6.10 Å². The first-order valence-corrected chi connectivity index (χ1v) is 5.56. The summed E-state index contributed by atoms with van der Waals surface area (Å²) in [5.74, 6) is -0.0891. The van der Waals surface area contributed by atoms with E-state index in [0.717, 1.165) is 14.5 Å².